The summed E-state index contributed by atoms with van der Waals surface area (Å²) in [6.45, 7) is 4.35. The van der Waals surface area contributed by atoms with Gasteiger partial charge in [0.2, 0.25) is 0 Å². The number of likely N-dealkylation sites (tertiary alicyclic amines) is 1. The van der Waals surface area contributed by atoms with Crippen LogP contribution in [0.3, 0.4) is 0 Å². The van der Waals surface area contributed by atoms with Gasteiger partial charge >= 0.3 is 0 Å². The highest BCUT2D eigenvalue weighted by atomic mass is 16.5. The summed E-state index contributed by atoms with van der Waals surface area (Å²) in [5, 5.41) is 3.09. The maximum absolute atomic E-state index is 12.4. The van der Waals surface area contributed by atoms with E-state index in [1.54, 1.807) is 0 Å². The van der Waals surface area contributed by atoms with Crippen LogP contribution in [0.1, 0.15) is 41.7 Å². The van der Waals surface area contributed by atoms with Crippen LogP contribution in [0.15, 0.2) is 48.7 Å². The van der Waals surface area contributed by atoms with Gasteiger partial charge in [-0.3, -0.25) is 14.7 Å². The zero-order chi connectivity index (χ0) is 19.9. The third-order valence-electron chi connectivity index (χ3n) is 5.62. The quantitative estimate of drug-likeness (QED) is 0.815. The molecule has 2 aromatic rings. The lowest BCUT2D eigenvalue weighted by Crippen LogP contribution is -2.39. The first-order valence-corrected chi connectivity index (χ1v) is 10.5. The summed E-state index contributed by atoms with van der Waals surface area (Å²) in [6, 6.07) is 13.8. The molecule has 2 aliphatic heterocycles. The Morgan fingerprint density at radius 3 is 2.52 bits per heavy atom. The van der Waals surface area contributed by atoms with Crippen molar-refractivity contribution < 1.29 is 14.3 Å². The molecule has 1 amide bonds. The zero-order valence-corrected chi connectivity index (χ0v) is 16.8. The van der Waals surface area contributed by atoms with Gasteiger partial charge in [-0.2, -0.15) is 0 Å². The summed E-state index contributed by atoms with van der Waals surface area (Å²) >= 11 is 0. The molecule has 1 aromatic heterocycles. The normalized spacial score (nSPS) is 19.0. The average molecular weight is 396 g/mol. The van der Waals surface area contributed by atoms with E-state index in [4.69, 9.17) is 9.47 Å². The minimum Gasteiger partial charge on any atom is -0.490 e. The molecule has 4 rings (SSSR count). The topological polar surface area (TPSA) is 63.7 Å². The highest BCUT2D eigenvalue weighted by Gasteiger charge is 2.21. The van der Waals surface area contributed by atoms with Crippen LogP contribution in [0, 0.1) is 0 Å². The molecular formula is C23H29N3O3. The van der Waals surface area contributed by atoms with Crippen LogP contribution < -0.4 is 10.1 Å². The molecule has 0 radical (unpaired) electrons. The van der Waals surface area contributed by atoms with Gasteiger partial charge in [-0.25, -0.2) is 0 Å². The van der Waals surface area contributed by atoms with E-state index in [9.17, 15) is 4.79 Å². The van der Waals surface area contributed by atoms with Gasteiger partial charge < -0.3 is 14.8 Å². The largest absolute Gasteiger partial charge is 0.490 e. The van der Waals surface area contributed by atoms with Crippen LogP contribution in [0.25, 0.3) is 0 Å². The lowest BCUT2D eigenvalue weighted by molar-refractivity contribution is 0.0696. The maximum atomic E-state index is 12.4. The number of nitrogens with zero attached hydrogens (tertiary/aromatic N) is 2. The van der Waals surface area contributed by atoms with E-state index in [0.717, 1.165) is 70.0 Å². The maximum Gasteiger partial charge on any atom is 0.251 e. The van der Waals surface area contributed by atoms with Gasteiger partial charge in [0.15, 0.2) is 0 Å². The van der Waals surface area contributed by atoms with Gasteiger partial charge in [0.25, 0.3) is 5.91 Å². The minimum absolute atomic E-state index is 0.0220. The van der Waals surface area contributed by atoms with Crippen molar-refractivity contribution in [2.24, 2.45) is 0 Å². The molecule has 154 valence electrons. The first-order valence-electron chi connectivity index (χ1n) is 10.5. The molecule has 1 aromatic carbocycles. The Morgan fingerprint density at radius 2 is 1.83 bits per heavy atom. The molecule has 1 N–H and O–H groups in total. The fourth-order valence-electron chi connectivity index (χ4n) is 3.89. The van der Waals surface area contributed by atoms with E-state index in [2.05, 4.69) is 21.3 Å². The number of carbonyl (C=O) groups is 1. The monoisotopic (exact) mass is 395 g/mol. The van der Waals surface area contributed by atoms with E-state index in [1.807, 2.05) is 42.6 Å². The number of aromatic nitrogens is 1. The molecular weight excluding hydrogens is 366 g/mol. The predicted molar refractivity (Wildman–Crippen MR) is 111 cm³/mol. The first-order chi connectivity index (χ1) is 14.3. The summed E-state index contributed by atoms with van der Waals surface area (Å²) in [5.41, 5.74) is 1.79. The number of hydrogen-bond acceptors (Lipinski definition) is 5. The zero-order valence-electron chi connectivity index (χ0n) is 16.8. The number of piperidine rings is 1. The second kappa shape index (κ2) is 9.85. The minimum atomic E-state index is -0.0220. The van der Waals surface area contributed by atoms with Gasteiger partial charge in [0.05, 0.1) is 5.69 Å². The molecule has 0 bridgehead atoms. The smallest absolute Gasteiger partial charge is 0.251 e. The van der Waals surface area contributed by atoms with Crippen LogP contribution in [-0.2, 0) is 11.3 Å². The Hall–Kier alpha value is -2.44. The number of pyridine rings is 1. The van der Waals surface area contributed by atoms with E-state index in [1.165, 1.54) is 0 Å². The predicted octanol–water partition coefficient (Wildman–Crippen LogP) is 3.03. The summed E-state index contributed by atoms with van der Waals surface area (Å²) in [5.74, 6) is 0.807. The molecule has 2 aliphatic rings. The van der Waals surface area contributed by atoms with Crippen LogP contribution >= 0.6 is 0 Å². The summed E-state index contributed by atoms with van der Waals surface area (Å²) in [7, 11) is 0. The van der Waals surface area contributed by atoms with Crippen molar-refractivity contribution in [1.82, 2.24) is 15.2 Å². The Balaban J connectivity index is 1.22. The van der Waals surface area contributed by atoms with Crippen molar-refractivity contribution >= 4 is 5.91 Å². The Kier molecular flexibility index (Phi) is 6.75. The van der Waals surface area contributed by atoms with Crippen LogP contribution in [-0.4, -0.2) is 54.2 Å². The highest BCUT2D eigenvalue weighted by Crippen LogP contribution is 2.21. The summed E-state index contributed by atoms with van der Waals surface area (Å²) in [4.78, 5) is 19.2. The third kappa shape index (κ3) is 5.78. The molecule has 6 nitrogen and oxygen atoms in total. The van der Waals surface area contributed by atoms with Crippen molar-refractivity contribution in [3.05, 3.63) is 59.9 Å². The lowest BCUT2D eigenvalue weighted by Gasteiger charge is -2.31. The van der Waals surface area contributed by atoms with Crippen LogP contribution in [0.5, 0.6) is 5.75 Å². The van der Waals surface area contributed by atoms with E-state index >= 15 is 0 Å². The number of nitrogens with one attached hydrogen (secondary N) is 1. The first kappa shape index (κ1) is 19.9. The van der Waals surface area contributed by atoms with Crippen molar-refractivity contribution in [2.45, 2.75) is 44.4 Å². The molecule has 2 saturated heterocycles. The van der Waals surface area contributed by atoms with Gasteiger partial charge in [0, 0.05) is 50.7 Å². The number of hydrogen-bond donors (Lipinski definition) is 1. The summed E-state index contributed by atoms with van der Waals surface area (Å²) < 4.78 is 11.5. The van der Waals surface area contributed by atoms with Crippen LogP contribution in [0.4, 0.5) is 0 Å². The second-order valence-corrected chi connectivity index (χ2v) is 7.80. The van der Waals surface area contributed by atoms with E-state index in [-0.39, 0.29) is 18.1 Å². The standard InChI is InChI=1S/C23H29N3O3/c27-23(25-19-10-15-28-16-11-19)18-4-6-21(7-5-18)29-22-8-13-26(14-9-22)17-20-3-1-2-12-24-20/h1-7,12,19,22H,8-11,13-17H2,(H,25,27). The SMILES string of the molecule is O=C(NC1CCOCC1)c1ccc(OC2CCN(Cc3ccccn3)CC2)cc1. The number of ether oxygens (including phenoxy) is 2. The molecule has 29 heavy (non-hydrogen) atoms. The van der Waals surface area contributed by atoms with E-state index < -0.39 is 0 Å². The molecule has 0 aliphatic carbocycles. The van der Waals surface area contributed by atoms with Crippen molar-refractivity contribution in [2.75, 3.05) is 26.3 Å². The van der Waals surface area contributed by atoms with Gasteiger partial charge in [-0.05, 0) is 62.1 Å². The Labute approximate surface area is 172 Å². The number of amides is 1. The molecule has 0 atom stereocenters. The Bertz CT molecular complexity index is 768. The number of benzene rings is 1. The van der Waals surface area contributed by atoms with Crippen molar-refractivity contribution in [1.29, 1.82) is 0 Å². The van der Waals surface area contributed by atoms with E-state index in [0.29, 0.717) is 5.56 Å². The molecule has 0 saturated carbocycles. The van der Waals surface area contributed by atoms with Crippen molar-refractivity contribution in [3.8, 4) is 5.75 Å². The average Bonchev–Trinajstić information content (AvgIpc) is 2.77. The fraction of sp³-hybridized carbons (Fsp3) is 0.478. The van der Waals surface area contributed by atoms with Gasteiger partial charge in [-0.1, -0.05) is 6.07 Å². The third-order valence-corrected chi connectivity index (χ3v) is 5.62. The van der Waals surface area contributed by atoms with Crippen molar-refractivity contribution in [3.63, 3.8) is 0 Å². The highest BCUT2D eigenvalue weighted by molar-refractivity contribution is 5.94. The Morgan fingerprint density at radius 1 is 1.07 bits per heavy atom. The van der Waals surface area contributed by atoms with Gasteiger partial charge in [0.1, 0.15) is 11.9 Å². The number of carbonyl (C=O) groups excluding carboxylic acids is 1. The summed E-state index contributed by atoms with van der Waals surface area (Å²) in [6.07, 6.45) is 5.82. The molecule has 2 fully saturated rings. The lowest BCUT2D eigenvalue weighted by atomic mass is 10.1. The fourth-order valence-corrected chi connectivity index (χ4v) is 3.89. The molecule has 3 heterocycles. The van der Waals surface area contributed by atoms with Gasteiger partial charge in [-0.15, -0.1) is 0 Å². The van der Waals surface area contributed by atoms with Crippen LogP contribution in [0.2, 0.25) is 0 Å². The molecule has 6 heteroatoms. The second-order valence-electron chi connectivity index (χ2n) is 7.80. The molecule has 0 spiro atoms. The molecule has 0 unspecified atom stereocenters. The number of rotatable bonds is 6.